The SMILES string of the molecule is CCCN(C)c1cc(C)nc(SCc2cccc(C(=O)N3CCC[C@@H](C(=O)OCC)C3)c2)n1. The molecule has 7 nitrogen and oxygen atoms in total. The van der Waals surface area contributed by atoms with Crippen LogP contribution in [-0.4, -0.2) is 60.0 Å². The number of esters is 1. The fraction of sp³-hybridized carbons (Fsp3) is 0.520. The van der Waals surface area contributed by atoms with Crippen LogP contribution in [0.15, 0.2) is 35.5 Å². The first-order valence-corrected chi connectivity index (χ1v) is 12.6. The standard InChI is InChI=1S/C25H34N4O3S/c1-5-12-28(4)22-14-18(3)26-25(27-22)33-17-19-9-7-10-20(15-19)23(30)29-13-8-11-21(16-29)24(31)32-6-2/h7,9-10,14-15,21H,5-6,8,11-13,16-17H2,1-4H3/t21-/m1/s1. The van der Waals surface area contributed by atoms with Gasteiger partial charge in [0.2, 0.25) is 0 Å². The third-order valence-corrected chi connectivity index (χ3v) is 6.56. The number of carbonyl (C=O) groups is 2. The monoisotopic (exact) mass is 470 g/mol. The highest BCUT2D eigenvalue weighted by molar-refractivity contribution is 7.98. The lowest BCUT2D eigenvalue weighted by Crippen LogP contribution is -2.42. The molecule has 0 saturated carbocycles. The Balaban J connectivity index is 1.65. The zero-order valence-electron chi connectivity index (χ0n) is 20.0. The number of aryl methyl sites for hydroxylation is 1. The Hall–Kier alpha value is -2.61. The first-order chi connectivity index (χ1) is 15.9. The second kappa shape index (κ2) is 12.0. The normalized spacial score (nSPS) is 15.9. The summed E-state index contributed by atoms with van der Waals surface area (Å²) in [6.07, 6.45) is 2.63. The summed E-state index contributed by atoms with van der Waals surface area (Å²) in [6.45, 7) is 8.33. The zero-order valence-corrected chi connectivity index (χ0v) is 20.9. The van der Waals surface area contributed by atoms with Gasteiger partial charge in [0.05, 0.1) is 12.5 Å². The molecule has 1 saturated heterocycles. The van der Waals surface area contributed by atoms with Crippen molar-refractivity contribution in [2.24, 2.45) is 5.92 Å². The van der Waals surface area contributed by atoms with E-state index < -0.39 is 0 Å². The van der Waals surface area contributed by atoms with Crippen LogP contribution >= 0.6 is 11.8 Å². The smallest absolute Gasteiger partial charge is 0.310 e. The molecule has 1 aromatic heterocycles. The number of benzene rings is 1. The summed E-state index contributed by atoms with van der Waals surface area (Å²) in [6, 6.07) is 9.70. The van der Waals surface area contributed by atoms with E-state index in [4.69, 9.17) is 9.72 Å². The predicted molar refractivity (Wildman–Crippen MR) is 132 cm³/mol. The van der Waals surface area contributed by atoms with E-state index in [1.54, 1.807) is 23.6 Å². The Bertz CT molecular complexity index is 968. The molecule has 2 aromatic rings. The van der Waals surface area contributed by atoms with Crippen LogP contribution in [0.3, 0.4) is 0 Å². The number of ether oxygens (including phenoxy) is 1. The van der Waals surface area contributed by atoms with Gasteiger partial charge in [-0.3, -0.25) is 9.59 Å². The van der Waals surface area contributed by atoms with Crippen molar-refractivity contribution in [3.05, 3.63) is 47.2 Å². The van der Waals surface area contributed by atoms with Gasteiger partial charge in [0, 0.05) is 49.8 Å². The quantitative estimate of drug-likeness (QED) is 0.307. The second-order valence-corrected chi connectivity index (χ2v) is 9.35. The third kappa shape index (κ3) is 6.93. The van der Waals surface area contributed by atoms with E-state index in [1.165, 1.54) is 0 Å². The van der Waals surface area contributed by atoms with Crippen LogP contribution in [-0.2, 0) is 15.3 Å². The molecule has 178 valence electrons. The first-order valence-electron chi connectivity index (χ1n) is 11.7. The number of amides is 1. The largest absolute Gasteiger partial charge is 0.466 e. The van der Waals surface area contributed by atoms with Gasteiger partial charge in [0.15, 0.2) is 5.16 Å². The second-order valence-electron chi connectivity index (χ2n) is 8.40. The van der Waals surface area contributed by atoms with Crippen LogP contribution in [0.4, 0.5) is 5.82 Å². The van der Waals surface area contributed by atoms with Gasteiger partial charge in [-0.25, -0.2) is 9.97 Å². The van der Waals surface area contributed by atoms with Gasteiger partial charge in [-0.1, -0.05) is 30.8 Å². The van der Waals surface area contributed by atoms with Crippen molar-refractivity contribution in [2.45, 2.75) is 50.9 Å². The summed E-state index contributed by atoms with van der Waals surface area (Å²) >= 11 is 1.57. The molecule has 8 heteroatoms. The van der Waals surface area contributed by atoms with Crippen molar-refractivity contribution in [1.82, 2.24) is 14.9 Å². The fourth-order valence-corrected chi connectivity index (χ4v) is 4.82. The minimum atomic E-state index is -0.236. The molecule has 1 aliphatic heterocycles. The van der Waals surface area contributed by atoms with Crippen LogP contribution in [0.5, 0.6) is 0 Å². The Morgan fingerprint density at radius 1 is 1.24 bits per heavy atom. The van der Waals surface area contributed by atoms with Gasteiger partial charge < -0.3 is 14.5 Å². The molecule has 1 aromatic carbocycles. The lowest BCUT2D eigenvalue weighted by atomic mass is 9.97. The Kier molecular flexibility index (Phi) is 9.11. The lowest BCUT2D eigenvalue weighted by Gasteiger charge is -2.31. The summed E-state index contributed by atoms with van der Waals surface area (Å²) < 4.78 is 5.16. The Morgan fingerprint density at radius 3 is 2.82 bits per heavy atom. The van der Waals surface area contributed by atoms with E-state index in [0.29, 0.717) is 31.0 Å². The molecular formula is C25H34N4O3S. The number of piperidine rings is 1. The molecule has 0 N–H and O–H groups in total. The van der Waals surface area contributed by atoms with Crippen LogP contribution in [0.25, 0.3) is 0 Å². The highest BCUT2D eigenvalue weighted by Crippen LogP contribution is 2.24. The van der Waals surface area contributed by atoms with E-state index in [2.05, 4.69) is 16.8 Å². The molecule has 1 atom stereocenters. The highest BCUT2D eigenvalue weighted by atomic mass is 32.2. The van der Waals surface area contributed by atoms with Crippen molar-refractivity contribution in [3.8, 4) is 0 Å². The number of aromatic nitrogens is 2. The van der Waals surface area contributed by atoms with Crippen molar-refractivity contribution >= 4 is 29.5 Å². The van der Waals surface area contributed by atoms with E-state index in [9.17, 15) is 9.59 Å². The Morgan fingerprint density at radius 2 is 2.06 bits per heavy atom. The summed E-state index contributed by atoms with van der Waals surface area (Å²) in [5, 5.41) is 0.734. The number of likely N-dealkylation sites (tertiary alicyclic amines) is 1. The molecule has 0 unspecified atom stereocenters. The maximum absolute atomic E-state index is 13.1. The van der Waals surface area contributed by atoms with Gasteiger partial charge in [-0.05, 0) is 50.8 Å². The van der Waals surface area contributed by atoms with E-state index >= 15 is 0 Å². The average Bonchev–Trinajstić information content (AvgIpc) is 2.82. The van der Waals surface area contributed by atoms with Crippen molar-refractivity contribution < 1.29 is 14.3 Å². The fourth-order valence-electron chi connectivity index (χ4n) is 3.97. The van der Waals surface area contributed by atoms with Gasteiger partial charge in [0.1, 0.15) is 5.82 Å². The molecule has 1 amide bonds. The molecule has 0 radical (unpaired) electrons. The van der Waals surface area contributed by atoms with Crippen molar-refractivity contribution in [1.29, 1.82) is 0 Å². The molecule has 1 aliphatic rings. The number of hydrogen-bond acceptors (Lipinski definition) is 7. The predicted octanol–water partition coefficient (Wildman–Crippen LogP) is 4.34. The minimum Gasteiger partial charge on any atom is -0.466 e. The van der Waals surface area contributed by atoms with Gasteiger partial charge >= 0.3 is 5.97 Å². The molecule has 0 spiro atoms. The van der Waals surface area contributed by atoms with Crippen molar-refractivity contribution in [2.75, 3.05) is 38.2 Å². The number of anilines is 1. The zero-order chi connectivity index (χ0) is 23.8. The molecule has 0 aliphatic carbocycles. The highest BCUT2D eigenvalue weighted by Gasteiger charge is 2.29. The molecule has 2 heterocycles. The number of nitrogens with zero attached hydrogens (tertiary/aromatic N) is 4. The maximum Gasteiger partial charge on any atom is 0.310 e. The van der Waals surface area contributed by atoms with E-state index in [-0.39, 0.29) is 17.8 Å². The summed E-state index contributed by atoms with van der Waals surface area (Å²) in [5.74, 6) is 1.12. The Labute approximate surface area is 200 Å². The third-order valence-electron chi connectivity index (χ3n) is 5.64. The molecule has 0 bridgehead atoms. The molecule has 3 rings (SSSR count). The molecular weight excluding hydrogens is 436 g/mol. The molecule has 1 fully saturated rings. The van der Waals surface area contributed by atoms with Crippen LogP contribution in [0.1, 0.15) is 54.7 Å². The first kappa shape index (κ1) is 25.0. The minimum absolute atomic E-state index is 0.0360. The summed E-state index contributed by atoms with van der Waals surface area (Å²) in [4.78, 5) is 38.4. The number of hydrogen-bond donors (Lipinski definition) is 0. The van der Waals surface area contributed by atoms with Crippen LogP contribution in [0, 0.1) is 12.8 Å². The number of carbonyl (C=O) groups excluding carboxylic acids is 2. The lowest BCUT2D eigenvalue weighted by molar-refractivity contribution is -0.149. The topological polar surface area (TPSA) is 75.6 Å². The summed E-state index contributed by atoms with van der Waals surface area (Å²) in [5.41, 5.74) is 2.63. The molecule has 33 heavy (non-hydrogen) atoms. The van der Waals surface area contributed by atoms with Crippen molar-refractivity contribution in [3.63, 3.8) is 0 Å². The van der Waals surface area contributed by atoms with Crippen LogP contribution in [0.2, 0.25) is 0 Å². The van der Waals surface area contributed by atoms with Gasteiger partial charge in [0.25, 0.3) is 5.91 Å². The van der Waals surface area contributed by atoms with Gasteiger partial charge in [-0.2, -0.15) is 0 Å². The summed E-state index contributed by atoms with van der Waals surface area (Å²) in [7, 11) is 2.04. The van der Waals surface area contributed by atoms with E-state index in [1.807, 2.05) is 44.3 Å². The van der Waals surface area contributed by atoms with E-state index in [0.717, 1.165) is 48.0 Å². The number of thioether (sulfide) groups is 1. The van der Waals surface area contributed by atoms with Gasteiger partial charge in [-0.15, -0.1) is 0 Å². The maximum atomic E-state index is 13.1. The van der Waals surface area contributed by atoms with Crippen LogP contribution < -0.4 is 4.90 Å². The number of rotatable bonds is 9. The average molecular weight is 471 g/mol.